The zero-order valence-electron chi connectivity index (χ0n) is 10.6. The van der Waals surface area contributed by atoms with E-state index < -0.39 is 52.5 Å². The second kappa shape index (κ2) is 4.79. The predicted octanol–water partition coefficient (Wildman–Crippen LogP) is 3.71. The molecule has 17 heteroatoms. The quantitative estimate of drug-likeness (QED) is 0.430. The summed E-state index contributed by atoms with van der Waals surface area (Å²) in [5.41, 5.74) is -15.7. The minimum Gasteiger partial charge on any atom is -0.479 e. The number of hydrogen-bond donors (Lipinski definition) is 1. The van der Waals surface area contributed by atoms with Gasteiger partial charge in [-0.3, -0.25) is 0 Å². The smallest absolute Gasteiger partial charge is 0.437 e. The van der Waals surface area contributed by atoms with E-state index in [1.54, 1.807) is 0 Å². The first kappa shape index (κ1) is 21.5. The third kappa shape index (κ3) is 1.89. The van der Waals surface area contributed by atoms with Crippen LogP contribution in [-0.2, 0) is 4.79 Å². The number of halogens is 14. The van der Waals surface area contributed by atoms with E-state index in [1.165, 1.54) is 0 Å². The number of alkyl halides is 13. The largest absolute Gasteiger partial charge is 0.479 e. The fraction of sp³-hybridized carbons (Fsp3) is 0.875. The van der Waals surface area contributed by atoms with Crippen LogP contribution >= 0.6 is 0 Å². The molecule has 0 aliphatic carbocycles. The van der Waals surface area contributed by atoms with Crippen LogP contribution in [0, 0.1) is 0 Å². The SMILES string of the molecule is O=C(O)C(F)(C(F)(F)F)C1(F)C(F)(F)N(F)C(F)(F)C(F)(F)C1(F)F. The highest BCUT2D eigenvalue weighted by Crippen LogP contribution is 2.69. The Labute approximate surface area is 125 Å². The zero-order valence-corrected chi connectivity index (χ0v) is 10.6. The van der Waals surface area contributed by atoms with Gasteiger partial charge < -0.3 is 5.11 Å². The molecule has 1 aliphatic rings. The topological polar surface area (TPSA) is 40.5 Å². The Hall–Kier alpha value is -1.55. The van der Waals surface area contributed by atoms with Crippen LogP contribution in [0.4, 0.5) is 61.6 Å². The monoisotopic (exact) mass is 409 g/mol. The Morgan fingerprint density at radius 3 is 1.40 bits per heavy atom. The molecule has 2 unspecified atom stereocenters. The van der Waals surface area contributed by atoms with E-state index in [9.17, 15) is 66.4 Å². The third-order valence-electron chi connectivity index (χ3n) is 3.27. The predicted molar refractivity (Wildman–Crippen MR) is 44.1 cm³/mol. The lowest BCUT2D eigenvalue weighted by molar-refractivity contribution is -0.535. The molecule has 3 nitrogen and oxygen atoms in total. The maximum atomic E-state index is 13.9. The molecule has 0 aromatic rings. The summed E-state index contributed by atoms with van der Waals surface area (Å²) in [6.45, 7) is 0. The standard InChI is InChI=1S/C8HF14NO2/c9-2(1(24)25,6(15,16)17)3(10)4(11,12)5(13,14)8(20,21)23(22)7(3,18)19/h(H,24,25). The van der Waals surface area contributed by atoms with Crippen LogP contribution in [-0.4, -0.2) is 57.6 Å². The first-order chi connectivity index (χ1) is 10.6. The van der Waals surface area contributed by atoms with Gasteiger partial charge in [0.25, 0.3) is 0 Å². The minimum absolute atomic E-state index is 4.08. The van der Waals surface area contributed by atoms with E-state index in [1.807, 2.05) is 0 Å². The van der Waals surface area contributed by atoms with E-state index in [2.05, 4.69) is 0 Å². The van der Waals surface area contributed by atoms with Crippen LogP contribution in [0.5, 0.6) is 0 Å². The molecule has 0 aromatic carbocycles. The Balaban J connectivity index is 4.08. The highest BCUT2D eigenvalue weighted by atomic mass is 19.4. The van der Waals surface area contributed by atoms with Gasteiger partial charge in [0.2, 0.25) is 0 Å². The van der Waals surface area contributed by atoms with Gasteiger partial charge in [-0.05, 0) is 5.12 Å². The van der Waals surface area contributed by atoms with Gasteiger partial charge in [-0.2, -0.15) is 48.3 Å². The van der Waals surface area contributed by atoms with E-state index in [0.717, 1.165) is 0 Å². The van der Waals surface area contributed by atoms with E-state index in [0.29, 0.717) is 0 Å². The lowest BCUT2D eigenvalue weighted by Crippen LogP contribution is -2.88. The molecule has 1 rings (SSSR count). The summed E-state index contributed by atoms with van der Waals surface area (Å²) >= 11 is 0. The number of carbonyl (C=O) groups is 1. The first-order valence-electron chi connectivity index (χ1n) is 5.25. The third-order valence-corrected chi connectivity index (χ3v) is 3.27. The van der Waals surface area contributed by atoms with Crippen molar-refractivity contribution in [3.8, 4) is 0 Å². The van der Waals surface area contributed by atoms with Gasteiger partial charge >= 0.3 is 47.4 Å². The van der Waals surface area contributed by atoms with Gasteiger partial charge in [0.05, 0.1) is 0 Å². The van der Waals surface area contributed by atoms with Crippen molar-refractivity contribution in [2.45, 2.75) is 41.5 Å². The Bertz CT molecular complexity index is 586. The highest BCUT2D eigenvalue weighted by molar-refractivity contribution is 5.81. The fourth-order valence-corrected chi connectivity index (χ4v) is 1.92. The molecule has 0 saturated carbocycles. The van der Waals surface area contributed by atoms with Crippen LogP contribution in [0.1, 0.15) is 0 Å². The van der Waals surface area contributed by atoms with Crippen molar-refractivity contribution in [3.05, 3.63) is 0 Å². The second-order valence-electron chi connectivity index (χ2n) is 4.63. The van der Waals surface area contributed by atoms with E-state index in [4.69, 9.17) is 5.11 Å². The first-order valence-corrected chi connectivity index (χ1v) is 5.25. The average molecular weight is 409 g/mol. The number of piperidine rings is 1. The lowest BCUT2D eigenvalue weighted by atomic mass is 9.72. The summed E-state index contributed by atoms with van der Waals surface area (Å²) < 4.78 is 182. The molecule has 0 aromatic heterocycles. The van der Waals surface area contributed by atoms with Crippen LogP contribution in [0.2, 0.25) is 0 Å². The maximum Gasteiger partial charge on any atom is 0.437 e. The van der Waals surface area contributed by atoms with Crippen molar-refractivity contribution in [1.29, 1.82) is 0 Å². The normalized spacial score (nSPS) is 33.5. The van der Waals surface area contributed by atoms with E-state index >= 15 is 0 Å². The number of hydrogen-bond acceptors (Lipinski definition) is 2. The Morgan fingerprint density at radius 2 is 1.12 bits per heavy atom. The molecular formula is C8HF14NO2. The average Bonchev–Trinajstić information content (AvgIpc) is 2.40. The van der Waals surface area contributed by atoms with Gasteiger partial charge in [0, 0.05) is 0 Å². The molecule has 1 heterocycles. The number of carboxylic acid groups (broad SMARTS) is 1. The van der Waals surface area contributed by atoms with Gasteiger partial charge in [-0.1, -0.05) is 0 Å². The molecule has 148 valence electrons. The fourth-order valence-electron chi connectivity index (χ4n) is 1.92. The van der Waals surface area contributed by atoms with Crippen LogP contribution < -0.4 is 0 Å². The molecule has 0 bridgehead atoms. The molecule has 1 fully saturated rings. The van der Waals surface area contributed by atoms with Crippen molar-refractivity contribution >= 4 is 5.97 Å². The van der Waals surface area contributed by atoms with Crippen molar-refractivity contribution in [2.24, 2.45) is 0 Å². The summed E-state index contributed by atoms with van der Waals surface area (Å²) in [6.07, 6.45) is -7.63. The Morgan fingerprint density at radius 1 is 0.760 bits per heavy atom. The molecule has 1 N–H and O–H groups in total. The molecule has 0 spiro atoms. The maximum absolute atomic E-state index is 13.9. The molecule has 1 saturated heterocycles. The van der Waals surface area contributed by atoms with Gasteiger partial charge in [-0.25, -0.2) is 13.6 Å². The van der Waals surface area contributed by atoms with Crippen LogP contribution in [0.3, 0.4) is 0 Å². The molecule has 25 heavy (non-hydrogen) atoms. The summed E-state index contributed by atoms with van der Waals surface area (Å²) in [5, 5.41) is 3.88. The Kier molecular flexibility index (Phi) is 4.12. The molecular weight excluding hydrogens is 408 g/mol. The van der Waals surface area contributed by atoms with Crippen LogP contribution in [0.25, 0.3) is 0 Å². The number of nitrogens with zero attached hydrogens (tertiary/aromatic N) is 1. The molecule has 1 aliphatic heterocycles. The van der Waals surface area contributed by atoms with Gasteiger partial charge in [0.1, 0.15) is 0 Å². The van der Waals surface area contributed by atoms with E-state index in [-0.39, 0.29) is 0 Å². The summed E-state index contributed by atoms with van der Waals surface area (Å²) in [4.78, 5) is 10.3. The van der Waals surface area contributed by atoms with Crippen LogP contribution in [0.15, 0.2) is 0 Å². The zero-order chi connectivity index (χ0) is 20.7. The van der Waals surface area contributed by atoms with Crippen molar-refractivity contribution < 1.29 is 71.5 Å². The number of carboxylic acids is 1. The summed E-state index contributed by atoms with van der Waals surface area (Å²) in [6, 6.07) is -15.1. The lowest BCUT2D eigenvalue weighted by Gasteiger charge is -2.53. The van der Waals surface area contributed by atoms with Gasteiger partial charge in [0.15, 0.2) is 0 Å². The molecule has 0 radical (unpaired) electrons. The summed E-state index contributed by atoms with van der Waals surface area (Å²) in [7, 11) is 0. The van der Waals surface area contributed by atoms with Gasteiger partial charge in [-0.15, -0.1) is 4.48 Å². The van der Waals surface area contributed by atoms with Crippen molar-refractivity contribution in [3.63, 3.8) is 0 Å². The van der Waals surface area contributed by atoms with Crippen molar-refractivity contribution in [2.75, 3.05) is 0 Å². The highest BCUT2D eigenvalue weighted by Gasteiger charge is 3.03. The number of rotatable bonds is 2. The molecule has 0 amide bonds. The number of aliphatic carboxylic acids is 1. The summed E-state index contributed by atoms with van der Waals surface area (Å²) in [5.74, 6) is -20.4. The van der Waals surface area contributed by atoms with Crippen molar-refractivity contribution in [1.82, 2.24) is 5.12 Å². The second-order valence-corrected chi connectivity index (χ2v) is 4.63. The molecule has 2 atom stereocenters. The minimum atomic E-state index is -8.06.